The van der Waals surface area contributed by atoms with Crippen molar-refractivity contribution in [2.45, 2.75) is 37.8 Å². The second-order valence-electron chi connectivity index (χ2n) is 7.97. The first-order valence-electron chi connectivity index (χ1n) is 9.97. The van der Waals surface area contributed by atoms with Crippen molar-refractivity contribution >= 4 is 39.0 Å². The van der Waals surface area contributed by atoms with Gasteiger partial charge in [-0.2, -0.15) is 4.98 Å². The molecule has 0 unspecified atom stereocenters. The molecule has 146 valence electrons. The van der Waals surface area contributed by atoms with Crippen molar-refractivity contribution in [1.82, 2.24) is 20.2 Å². The molecule has 1 spiro atoms. The van der Waals surface area contributed by atoms with Gasteiger partial charge in [-0.15, -0.1) is 11.3 Å². The van der Waals surface area contributed by atoms with Gasteiger partial charge in [0.2, 0.25) is 5.28 Å². The van der Waals surface area contributed by atoms with Gasteiger partial charge < -0.3 is 15.0 Å². The van der Waals surface area contributed by atoms with Gasteiger partial charge in [0.1, 0.15) is 0 Å². The Hall–Kier alpha value is -0.990. The van der Waals surface area contributed by atoms with Gasteiger partial charge in [-0.05, 0) is 30.5 Å². The van der Waals surface area contributed by atoms with Crippen LogP contribution in [0.5, 0.6) is 0 Å². The molecular formula is C19H26ClN5OS. The van der Waals surface area contributed by atoms with Crippen LogP contribution in [0.15, 0.2) is 6.07 Å². The van der Waals surface area contributed by atoms with Gasteiger partial charge in [0, 0.05) is 49.7 Å². The monoisotopic (exact) mass is 407 g/mol. The Bertz CT molecular complexity index is 816. The lowest BCUT2D eigenvalue weighted by molar-refractivity contribution is 0.122. The van der Waals surface area contributed by atoms with E-state index >= 15 is 0 Å². The maximum absolute atomic E-state index is 6.23. The summed E-state index contributed by atoms with van der Waals surface area (Å²) in [4.78, 5) is 15.3. The number of nitrogens with zero attached hydrogens (tertiary/aromatic N) is 4. The number of thiophene rings is 1. The fourth-order valence-electron chi connectivity index (χ4n) is 4.79. The zero-order valence-electron chi connectivity index (χ0n) is 15.5. The number of nitrogens with one attached hydrogen (secondary N) is 1. The summed E-state index contributed by atoms with van der Waals surface area (Å²) in [5.74, 6) is 0.970. The second kappa shape index (κ2) is 7.44. The van der Waals surface area contributed by atoms with E-state index in [-0.39, 0.29) is 0 Å². The van der Waals surface area contributed by atoms with Gasteiger partial charge in [-0.1, -0.05) is 12.8 Å². The molecule has 0 radical (unpaired) electrons. The van der Waals surface area contributed by atoms with Crippen molar-refractivity contribution in [3.8, 4) is 0 Å². The van der Waals surface area contributed by atoms with Gasteiger partial charge >= 0.3 is 0 Å². The molecule has 2 aromatic rings. The fourth-order valence-corrected chi connectivity index (χ4v) is 6.11. The first-order chi connectivity index (χ1) is 13.2. The van der Waals surface area contributed by atoms with Crippen LogP contribution in [0, 0.1) is 0 Å². The number of ether oxygens (including phenoxy) is 1. The van der Waals surface area contributed by atoms with E-state index < -0.39 is 0 Å². The molecule has 4 heterocycles. The standard InChI is InChI=1S/C19H26ClN5OS/c20-18-22-15-11-14(12-24-6-5-21-19(13-24)3-1-2-4-19)27-16(15)17(23-18)25-7-9-26-10-8-25/h11,21H,1-10,12-13H2. The van der Waals surface area contributed by atoms with Crippen LogP contribution in [0.2, 0.25) is 5.28 Å². The highest BCUT2D eigenvalue weighted by Crippen LogP contribution is 2.36. The number of aromatic nitrogens is 2. The van der Waals surface area contributed by atoms with Crippen LogP contribution < -0.4 is 10.2 Å². The largest absolute Gasteiger partial charge is 0.378 e. The third-order valence-corrected chi connectivity index (χ3v) is 7.36. The minimum absolute atomic E-state index is 0.334. The third-order valence-electron chi connectivity index (χ3n) is 6.08. The van der Waals surface area contributed by atoms with Crippen molar-refractivity contribution < 1.29 is 4.74 Å². The SMILES string of the molecule is Clc1nc(N2CCOCC2)c2sc(CN3CCNC4(CCCC4)C3)cc2n1. The highest BCUT2D eigenvalue weighted by molar-refractivity contribution is 7.19. The Morgan fingerprint density at radius 1 is 1.19 bits per heavy atom. The molecule has 0 atom stereocenters. The van der Waals surface area contributed by atoms with Crippen molar-refractivity contribution in [3.05, 3.63) is 16.2 Å². The van der Waals surface area contributed by atoms with E-state index in [2.05, 4.69) is 31.2 Å². The first-order valence-corrected chi connectivity index (χ1v) is 11.2. The topological polar surface area (TPSA) is 53.5 Å². The molecule has 2 aliphatic heterocycles. The summed E-state index contributed by atoms with van der Waals surface area (Å²) >= 11 is 8.05. The lowest BCUT2D eigenvalue weighted by Crippen LogP contribution is -2.58. The van der Waals surface area contributed by atoms with Crippen molar-refractivity contribution in [3.63, 3.8) is 0 Å². The summed E-state index contributed by atoms with van der Waals surface area (Å²) in [7, 11) is 0. The highest BCUT2D eigenvalue weighted by atomic mass is 35.5. The fraction of sp³-hybridized carbons (Fsp3) is 0.684. The molecule has 2 aromatic heterocycles. The van der Waals surface area contributed by atoms with Crippen molar-refractivity contribution in [1.29, 1.82) is 0 Å². The molecule has 27 heavy (non-hydrogen) atoms. The van der Waals surface area contributed by atoms with E-state index in [9.17, 15) is 0 Å². The molecule has 8 heteroatoms. The molecule has 1 N–H and O–H groups in total. The zero-order chi connectivity index (χ0) is 18.3. The van der Waals surface area contributed by atoms with Crippen LogP contribution in [0.1, 0.15) is 30.6 Å². The van der Waals surface area contributed by atoms with Crippen LogP contribution in [0.4, 0.5) is 5.82 Å². The molecule has 1 aliphatic carbocycles. The number of piperazine rings is 1. The Balaban J connectivity index is 1.39. The molecule has 0 bridgehead atoms. The maximum Gasteiger partial charge on any atom is 0.224 e. The van der Waals surface area contributed by atoms with Gasteiger partial charge in [-0.3, -0.25) is 4.90 Å². The number of anilines is 1. The predicted octanol–water partition coefficient (Wildman–Crippen LogP) is 2.90. The van der Waals surface area contributed by atoms with E-state index in [1.807, 2.05) is 11.3 Å². The highest BCUT2D eigenvalue weighted by Gasteiger charge is 2.37. The summed E-state index contributed by atoms with van der Waals surface area (Å²) in [5.41, 5.74) is 1.33. The molecule has 1 saturated carbocycles. The van der Waals surface area contributed by atoms with Crippen LogP contribution in [-0.2, 0) is 11.3 Å². The smallest absolute Gasteiger partial charge is 0.224 e. The molecule has 0 aromatic carbocycles. The Morgan fingerprint density at radius 2 is 2.00 bits per heavy atom. The average molecular weight is 408 g/mol. The van der Waals surface area contributed by atoms with Gasteiger partial charge in [0.15, 0.2) is 5.82 Å². The second-order valence-corrected chi connectivity index (χ2v) is 9.44. The lowest BCUT2D eigenvalue weighted by Gasteiger charge is -2.41. The minimum atomic E-state index is 0.334. The van der Waals surface area contributed by atoms with Crippen LogP contribution in [0.25, 0.3) is 10.2 Å². The van der Waals surface area contributed by atoms with E-state index in [0.717, 1.165) is 68.5 Å². The quantitative estimate of drug-likeness (QED) is 0.789. The van der Waals surface area contributed by atoms with Crippen molar-refractivity contribution in [2.24, 2.45) is 0 Å². The number of halogens is 1. The molecule has 3 aliphatic rings. The number of fused-ring (bicyclic) bond motifs is 1. The number of hydrogen-bond donors (Lipinski definition) is 1. The summed E-state index contributed by atoms with van der Waals surface area (Å²) in [6.07, 6.45) is 5.36. The van der Waals surface area contributed by atoms with Gasteiger partial charge in [-0.25, -0.2) is 4.98 Å². The van der Waals surface area contributed by atoms with E-state index in [0.29, 0.717) is 10.8 Å². The summed E-state index contributed by atoms with van der Waals surface area (Å²) in [5, 5.41) is 4.13. The molecular weight excluding hydrogens is 382 g/mol. The van der Waals surface area contributed by atoms with E-state index in [1.54, 1.807) is 0 Å². The summed E-state index contributed by atoms with van der Waals surface area (Å²) < 4.78 is 6.64. The number of morpholine rings is 1. The predicted molar refractivity (Wildman–Crippen MR) is 110 cm³/mol. The first kappa shape index (κ1) is 18.1. The molecule has 3 fully saturated rings. The Morgan fingerprint density at radius 3 is 2.81 bits per heavy atom. The van der Waals surface area contributed by atoms with Crippen LogP contribution in [0.3, 0.4) is 0 Å². The number of rotatable bonds is 3. The Labute approximate surface area is 168 Å². The maximum atomic E-state index is 6.23. The molecule has 6 nitrogen and oxygen atoms in total. The third kappa shape index (κ3) is 3.68. The molecule has 0 amide bonds. The van der Waals surface area contributed by atoms with Crippen molar-refractivity contribution in [2.75, 3.05) is 50.8 Å². The van der Waals surface area contributed by atoms with Gasteiger partial charge in [0.05, 0.1) is 23.4 Å². The van der Waals surface area contributed by atoms with Crippen LogP contribution >= 0.6 is 22.9 Å². The van der Waals surface area contributed by atoms with E-state index in [1.165, 1.54) is 30.6 Å². The number of hydrogen-bond acceptors (Lipinski definition) is 7. The molecule has 2 saturated heterocycles. The Kier molecular flexibility index (Phi) is 4.98. The van der Waals surface area contributed by atoms with E-state index in [4.69, 9.17) is 16.3 Å². The normalized spacial score (nSPS) is 23.5. The average Bonchev–Trinajstić information content (AvgIpc) is 3.28. The summed E-state index contributed by atoms with van der Waals surface area (Å²) in [6, 6.07) is 2.21. The molecule has 5 rings (SSSR count). The van der Waals surface area contributed by atoms with Gasteiger partial charge in [0.25, 0.3) is 0 Å². The lowest BCUT2D eigenvalue weighted by atomic mass is 9.94. The van der Waals surface area contributed by atoms with Crippen LogP contribution in [-0.4, -0.2) is 66.3 Å². The zero-order valence-corrected chi connectivity index (χ0v) is 17.1. The summed E-state index contributed by atoms with van der Waals surface area (Å²) in [6.45, 7) is 7.54. The minimum Gasteiger partial charge on any atom is -0.378 e.